The summed E-state index contributed by atoms with van der Waals surface area (Å²) in [6, 6.07) is 13.7. The predicted octanol–water partition coefficient (Wildman–Crippen LogP) is 2.77. The first-order chi connectivity index (χ1) is 10.3. The van der Waals surface area contributed by atoms with Gasteiger partial charge in [0.2, 0.25) is 0 Å². The van der Waals surface area contributed by atoms with Crippen molar-refractivity contribution in [3.63, 3.8) is 0 Å². The number of ketones is 1. The minimum atomic E-state index is 0.165. The van der Waals surface area contributed by atoms with E-state index >= 15 is 0 Å². The zero-order chi connectivity index (χ0) is 14.7. The second-order valence-corrected chi connectivity index (χ2v) is 5.28. The van der Waals surface area contributed by atoms with E-state index in [1.165, 1.54) is 11.1 Å². The molecule has 3 heteroatoms. The van der Waals surface area contributed by atoms with Gasteiger partial charge in [0.1, 0.15) is 5.75 Å². The number of Topliss-reactive ketones (excluding diaryl/α,β-unsaturated/α-hetero) is 1. The highest BCUT2D eigenvalue weighted by Gasteiger charge is 2.18. The zero-order valence-electron chi connectivity index (χ0n) is 12.2. The summed E-state index contributed by atoms with van der Waals surface area (Å²) >= 11 is 0. The van der Waals surface area contributed by atoms with Gasteiger partial charge in [-0.05, 0) is 30.2 Å². The topological polar surface area (TPSA) is 38.3 Å². The van der Waals surface area contributed by atoms with Gasteiger partial charge in [0.15, 0.2) is 5.78 Å². The molecule has 0 aromatic heterocycles. The van der Waals surface area contributed by atoms with E-state index in [2.05, 4.69) is 11.4 Å². The van der Waals surface area contributed by atoms with Crippen LogP contribution in [0.1, 0.15) is 27.0 Å². The Morgan fingerprint density at radius 2 is 2.05 bits per heavy atom. The van der Waals surface area contributed by atoms with Crippen molar-refractivity contribution in [1.82, 2.24) is 5.32 Å². The molecule has 1 N–H and O–H groups in total. The molecule has 0 atom stereocenters. The van der Waals surface area contributed by atoms with E-state index in [1.807, 2.05) is 36.4 Å². The maximum Gasteiger partial charge on any atom is 0.167 e. The van der Waals surface area contributed by atoms with E-state index in [0.29, 0.717) is 6.42 Å². The fourth-order valence-corrected chi connectivity index (χ4v) is 2.91. The summed E-state index contributed by atoms with van der Waals surface area (Å²) in [5.41, 5.74) is 4.25. The molecule has 0 radical (unpaired) electrons. The Hall–Kier alpha value is -2.13. The van der Waals surface area contributed by atoms with Crippen LogP contribution >= 0.6 is 0 Å². The Morgan fingerprint density at radius 3 is 2.90 bits per heavy atom. The number of fused-ring (bicyclic) bond motifs is 1. The smallest absolute Gasteiger partial charge is 0.167 e. The molecular formula is C18H19NO2. The predicted molar refractivity (Wildman–Crippen MR) is 82.9 cm³/mol. The van der Waals surface area contributed by atoms with E-state index in [1.54, 1.807) is 7.11 Å². The van der Waals surface area contributed by atoms with Crippen LogP contribution in [0.2, 0.25) is 0 Å². The Labute approximate surface area is 124 Å². The molecule has 2 aromatic carbocycles. The van der Waals surface area contributed by atoms with Crippen LogP contribution in [0.3, 0.4) is 0 Å². The number of hydrogen-bond donors (Lipinski definition) is 1. The first-order valence-electron chi connectivity index (χ1n) is 7.26. The van der Waals surface area contributed by atoms with Gasteiger partial charge in [0.25, 0.3) is 0 Å². The highest BCUT2D eigenvalue weighted by Crippen LogP contribution is 2.23. The lowest BCUT2D eigenvalue weighted by molar-refractivity contribution is 0.0991. The summed E-state index contributed by atoms with van der Waals surface area (Å²) in [7, 11) is 1.64. The van der Waals surface area contributed by atoms with Crippen molar-refractivity contribution in [2.75, 3.05) is 13.7 Å². The lowest BCUT2D eigenvalue weighted by Gasteiger charge is -2.20. The number of ether oxygens (including phenoxy) is 1. The van der Waals surface area contributed by atoms with Crippen LogP contribution in [0.4, 0.5) is 0 Å². The minimum absolute atomic E-state index is 0.165. The quantitative estimate of drug-likeness (QED) is 0.876. The molecule has 0 fully saturated rings. The van der Waals surface area contributed by atoms with Gasteiger partial charge in [-0.15, -0.1) is 0 Å². The number of methoxy groups -OCH3 is 1. The van der Waals surface area contributed by atoms with Crippen LogP contribution in [0.25, 0.3) is 0 Å². The molecule has 0 amide bonds. The van der Waals surface area contributed by atoms with Crippen molar-refractivity contribution in [2.24, 2.45) is 0 Å². The number of rotatable bonds is 4. The van der Waals surface area contributed by atoms with E-state index in [0.717, 1.165) is 36.4 Å². The Balaban J connectivity index is 1.89. The summed E-state index contributed by atoms with van der Waals surface area (Å²) in [5.74, 6) is 0.940. The third kappa shape index (κ3) is 2.83. The summed E-state index contributed by atoms with van der Waals surface area (Å²) in [5, 5.41) is 3.34. The molecule has 1 aliphatic heterocycles. The van der Waals surface area contributed by atoms with Crippen LogP contribution in [0.15, 0.2) is 42.5 Å². The number of carbonyl (C=O) groups excluding carboxylic acids is 1. The zero-order valence-corrected chi connectivity index (χ0v) is 12.2. The highest BCUT2D eigenvalue weighted by atomic mass is 16.5. The Kier molecular flexibility index (Phi) is 4.02. The number of para-hydroxylation sites is 1. The van der Waals surface area contributed by atoms with Gasteiger partial charge in [-0.2, -0.15) is 0 Å². The molecule has 0 aliphatic carbocycles. The van der Waals surface area contributed by atoms with Crippen LogP contribution in [-0.2, 0) is 19.4 Å². The van der Waals surface area contributed by atoms with Crippen molar-refractivity contribution >= 4 is 5.78 Å². The molecule has 21 heavy (non-hydrogen) atoms. The van der Waals surface area contributed by atoms with Gasteiger partial charge >= 0.3 is 0 Å². The normalized spacial score (nSPS) is 13.6. The summed E-state index contributed by atoms with van der Waals surface area (Å²) in [4.78, 5) is 12.7. The summed E-state index contributed by atoms with van der Waals surface area (Å²) < 4.78 is 5.33. The van der Waals surface area contributed by atoms with Crippen molar-refractivity contribution < 1.29 is 9.53 Å². The standard InChI is InChI=1S/C18H19NO2/c1-21-18-8-3-2-5-13(18)11-17(20)16-7-4-6-14-12-19-10-9-15(14)16/h2-8,19H,9-12H2,1H3. The van der Waals surface area contributed by atoms with Gasteiger partial charge in [0.05, 0.1) is 7.11 Å². The van der Waals surface area contributed by atoms with Gasteiger partial charge in [-0.25, -0.2) is 0 Å². The molecule has 0 saturated heterocycles. The van der Waals surface area contributed by atoms with Gasteiger partial charge in [0, 0.05) is 24.1 Å². The third-order valence-electron chi connectivity index (χ3n) is 3.98. The second kappa shape index (κ2) is 6.10. The van der Waals surface area contributed by atoms with E-state index in [4.69, 9.17) is 4.74 Å². The molecule has 3 rings (SSSR count). The van der Waals surface area contributed by atoms with Crippen LogP contribution < -0.4 is 10.1 Å². The van der Waals surface area contributed by atoms with E-state index in [-0.39, 0.29) is 5.78 Å². The first kappa shape index (κ1) is 13.8. The SMILES string of the molecule is COc1ccccc1CC(=O)c1cccc2c1CCNC2. The maximum absolute atomic E-state index is 12.7. The van der Waals surface area contributed by atoms with E-state index in [9.17, 15) is 4.79 Å². The largest absolute Gasteiger partial charge is 0.496 e. The molecule has 0 bridgehead atoms. The van der Waals surface area contributed by atoms with Crippen molar-refractivity contribution in [1.29, 1.82) is 0 Å². The number of benzene rings is 2. The molecule has 108 valence electrons. The third-order valence-corrected chi connectivity index (χ3v) is 3.98. The van der Waals surface area contributed by atoms with Gasteiger partial charge in [-0.3, -0.25) is 4.79 Å². The van der Waals surface area contributed by atoms with E-state index < -0.39 is 0 Å². The number of hydrogen-bond acceptors (Lipinski definition) is 3. The Bertz CT molecular complexity index is 664. The minimum Gasteiger partial charge on any atom is -0.496 e. The monoisotopic (exact) mass is 281 g/mol. The molecule has 0 spiro atoms. The Morgan fingerprint density at radius 1 is 1.19 bits per heavy atom. The average Bonchev–Trinajstić information content (AvgIpc) is 2.54. The molecule has 0 saturated carbocycles. The molecular weight excluding hydrogens is 262 g/mol. The highest BCUT2D eigenvalue weighted by molar-refractivity contribution is 5.99. The van der Waals surface area contributed by atoms with Crippen molar-refractivity contribution in [2.45, 2.75) is 19.4 Å². The summed E-state index contributed by atoms with van der Waals surface area (Å²) in [6.45, 7) is 1.79. The summed E-state index contributed by atoms with van der Waals surface area (Å²) in [6.07, 6.45) is 1.30. The fourth-order valence-electron chi connectivity index (χ4n) is 2.91. The van der Waals surface area contributed by atoms with Crippen LogP contribution in [0.5, 0.6) is 5.75 Å². The fraction of sp³-hybridized carbons (Fsp3) is 0.278. The lowest BCUT2D eigenvalue weighted by Crippen LogP contribution is -2.25. The number of nitrogens with one attached hydrogen (secondary N) is 1. The molecule has 3 nitrogen and oxygen atoms in total. The lowest BCUT2D eigenvalue weighted by atomic mass is 9.91. The molecule has 2 aromatic rings. The number of carbonyl (C=O) groups is 1. The molecule has 1 aliphatic rings. The van der Waals surface area contributed by atoms with Crippen LogP contribution in [0, 0.1) is 0 Å². The molecule has 1 heterocycles. The first-order valence-corrected chi connectivity index (χ1v) is 7.26. The van der Waals surface area contributed by atoms with Gasteiger partial charge in [-0.1, -0.05) is 36.4 Å². The second-order valence-electron chi connectivity index (χ2n) is 5.28. The van der Waals surface area contributed by atoms with Crippen molar-refractivity contribution in [3.8, 4) is 5.75 Å². The van der Waals surface area contributed by atoms with Crippen LogP contribution in [-0.4, -0.2) is 19.4 Å². The molecule has 0 unspecified atom stereocenters. The van der Waals surface area contributed by atoms with Crippen molar-refractivity contribution in [3.05, 3.63) is 64.7 Å². The maximum atomic E-state index is 12.7. The average molecular weight is 281 g/mol. The van der Waals surface area contributed by atoms with Gasteiger partial charge < -0.3 is 10.1 Å².